The van der Waals surface area contributed by atoms with Crippen molar-refractivity contribution in [2.45, 2.75) is 0 Å². The molecule has 53 valence electrons. The standard InChI is InChI=1S/C7H5N4/c8-7-6-5(10-4-11-7)2-1-3-9-6/h1-2,4H,(H2,8,10,11). The molecule has 0 spiro atoms. The molecule has 0 unspecified atom stereocenters. The summed E-state index contributed by atoms with van der Waals surface area (Å²) in [5.74, 6) is 0.395. The normalized spacial score (nSPS) is 10.2. The van der Waals surface area contributed by atoms with Crippen LogP contribution in [0.5, 0.6) is 0 Å². The van der Waals surface area contributed by atoms with Gasteiger partial charge in [-0.05, 0) is 12.1 Å². The fraction of sp³-hybridized carbons (Fsp3) is 0. The highest BCUT2D eigenvalue weighted by Gasteiger charge is 1.97. The SMILES string of the molecule is Nc1ncnc2cc[c]nc12. The summed E-state index contributed by atoms with van der Waals surface area (Å²) >= 11 is 0. The molecule has 0 amide bonds. The number of nitrogen functional groups attached to an aromatic ring is 1. The third kappa shape index (κ3) is 0.881. The number of fused-ring (bicyclic) bond motifs is 1. The van der Waals surface area contributed by atoms with E-state index < -0.39 is 0 Å². The predicted molar refractivity (Wildman–Crippen MR) is 40.6 cm³/mol. The van der Waals surface area contributed by atoms with Crippen LogP contribution < -0.4 is 5.73 Å². The molecular weight excluding hydrogens is 140 g/mol. The first-order valence-corrected chi connectivity index (χ1v) is 3.11. The number of pyridine rings is 1. The van der Waals surface area contributed by atoms with Crippen LogP contribution >= 0.6 is 0 Å². The van der Waals surface area contributed by atoms with Crippen LogP contribution in [0.25, 0.3) is 11.0 Å². The fourth-order valence-electron chi connectivity index (χ4n) is 0.861. The van der Waals surface area contributed by atoms with E-state index in [0.29, 0.717) is 11.3 Å². The van der Waals surface area contributed by atoms with Crippen LogP contribution in [0.1, 0.15) is 0 Å². The molecule has 2 aromatic rings. The molecule has 0 aliphatic heterocycles. The van der Waals surface area contributed by atoms with Gasteiger partial charge in [0.25, 0.3) is 0 Å². The van der Waals surface area contributed by atoms with Gasteiger partial charge in [-0.2, -0.15) is 0 Å². The lowest BCUT2D eigenvalue weighted by Crippen LogP contribution is -1.94. The molecule has 0 bridgehead atoms. The molecule has 2 rings (SSSR count). The number of anilines is 1. The summed E-state index contributed by atoms with van der Waals surface area (Å²) in [6, 6.07) is 3.48. The maximum atomic E-state index is 5.52. The minimum atomic E-state index is 0.395. The maximum absolute atomic E-state index is 5.52. The molecule has 11 heavy (non-hydrogen) atoms. The molecule has 0 aromatic carbocycles. The van der Waals surface area contributed by atoms with Gasteiger partial charge in [0, 0.05) is 0 Å². The lowest BCUT2D eigenvalue weighted by atomic mass is 10.3. The van der Waals surface area contributed by atoms with E-state index in [0.717, 1.165) is 5.52 Å². The Hall–Kier alpha value is -1.71. The van der Waals surface area contributed by atoms with E-state index in [9.17, 15) is 0 Å². The number of hydrogen-bond acceptors (Lipinski definition) is 4. The Bertz CT molecular complexity index is 380. The van der Waals surface area contributed by atoms with Gasteiger partial charge in [-0.3, -0.25) is 0 Å². The van der Waals surface area contributed by atoms with Gasteiger partial charge in [0.2, 0.25) is 0 Å². The third-order valence-electron chi connectivity index (χ3n) is 1.37. The second-order valence-corrected chi connectivity index (χ2v) is 2.07. The van der Waals surface area contributed by atoms with Crippen LogP contribution in [0, 0.1) is 6.20 Å². The van der Waals surface area contributed by atoms with Gasteiger partial charge in [0.05, 0.1) is 11.7 Å². The fourth-order valence-corrected chi connectivity index (χ4v) is 0.861. The topological polar surface area (TPSA) is 64.7 Å². The highest BCUT2D eigenvalue weighted by Crippen LogP contribution is 2.10. The van der Waals surface area contributed by atoms with Gasteiger partial charge in [0.1, 0.15) is 11.8 Å². The summed E-state index contributed by atoms with van der Waals surface area (Å²) < 4.78 is 0. The van der Waals surface area contributed by atoms with Crippen LogP contribution in [-0.2, 0) is 0 Å². The average molecular weight is 145 g/mol. The first-order valence-electron chi connectivity index (χ1n) is 3.11. The quantitative estimate of drug-likeness (QED) is 0.583. The molecule has 0 atom stereocenters. The molecular formula is C7H5N4. The Labute approximate surface area is 63.1 Å². The van der Waals surface area contributed by atoms with E-state index in [1.165, 1.54) is 6.33 Å². The highest BCUT2D eigenvalue weighted by molar-refractivity contribution is 5.82. The van der Waals surface area contributed by atoms with E-state index in [1.807, 2.05) is 0 Å². The molecule has 2 heterocycles. The predicted octanol–water partition coefficient (Wildman–Crippen LogP) is 0.407. The molecule has 4 nitrogen and oxygen atoms in total. The minimum Gasteiger partial charge on any atom is -0.382 e. The molecule has 1 radical (unpaired) electrons. The van der Waals surface area contributed by atoms with Crippen molar-refractivity contribution in [1.82, 2.24) is 15.0 Å². The molecule has 0 saturated heterocycles. The Kier molecular flexibility index (Phi) is 1.18. The Morgan fingerprint density at radius 3 is 3.09 bits per heavy atom. The average Bonchev–Trinajstić information content (AvgIpc) is 2.06. The van der Waals surface area contributed by atoms with E-state index >= 15 is 0 Å². The van der Waals surface area contributed by atoms with Crippen molar-refractivity contribution in [1.29, 1.82) is 0 Å². The van der Waals surface area contributed by atoms with Crippen molar-refractivity contribution in [3.63, 3.8) is 0 Å². The van der Waals surface area contributed by atoms with Gasteiger partial charge in [-0.15, -0.1) is 0 Å². The summed E-state index contributed by atoms with van der Waals surface area (Å²) in [5.41, 5.74) is 6.88. The first kappa shape index (κ1) is 6.03. The zero-order valence-electron chi connectivity index (χ0n) is 5.65. The highest BCUT2D eigenvalue weighted by atomic mass is 14.9. The van der Waals surface area contributed by atoms with Crippen LogP contribution in [0.4, 0.5) is 5.82 Å². The van der Waals surface area contributed by atoms with Crippen molar-refractivity contribution < 1.29 is 0 Å². The van der Waals surface area contributed by atoms with Gasteiger partial charge in [-0.25, -0.2) is 15.0 Å². The molecule has 0 saturated carbocycles. The van der Waals surface area contributed by atoms with E-state index in [1.54, 1.807) is 12.1 Å². The minimum absolute atomic E-state index is 0.395. The van der Waals surface area contributed by atoms with Crippen molar-refractivity contribution in [3.05, 3.63) is 24.7 Å². The van der Waals surface area contributed by atoms with Crippen LogP contribution in [0.2, 0.25) is 0 Å². The lowest BCUT2D eigenvalue weighted by molar-refractivity contribution is 1.20. The number of aromatic nitrogens is 3. The van der Waals surface area contributed by atoms with Crippen molar-refractivity contribution >= 4 is 16.9 Å². The zero-order chi connectivity index (χ0) is 7.68. The van der Waals surface area contributed by atoms with Crippen LogP contribution in [0.15, 0.2) is 18.5 Å². The summed E-state index contributed by atoms with van der Waals surface area (Å²) in [4.78, 5) is 11.7. The van der Waals surface area contributed by atoms with Crippen LogP contribution in [0.3, 0.4) is 0 Å². The summed E-state index contributed by atoms with van der Waals surface area (Å²) in [6.07, 6.45) is 4.08. The Morgan fingerprint density at radius 2 is 2.27 bits per heavy atom. The van der Waals surface area contributed by atoms with Crippen molar-refractivity contribution in [2.24, 2.45) is 0 Å². The smallest absolute Gasteiger partial charge is 0.153 e. The summed E-state index contributed by atoms with van der Waals surface area (Å²) in [5, 5.41) is 0. The monoisotopic (exact) mass is 145 g/mol. The molecule has 0 aliphatic rings. The summed E-state index contributed by atoms with van der Waals surface area (Å²) in [6.45, 7) is 0. The van der Waals surface area contributed by atoms with Crippen molar-refractivity contribution in [2.75, 3.05) is 5.73 Å². The van der Waals surface area contributed by atoms with Crippen molar-refractivity contribution in [3.8, 4) is 0 Å². The summed E-state index contributed by atoms with van der Waals surface area (Å²) in [7, 11) is 0. The second-order valence-electron chi connectivity index (χ2n) is 2.07. The lowest BCUT2D eigenvalue weighted by Gasteiger charge is -1.95. The molecule has 4 heteroatoms. The maximum Gasteiger partial charge on any atom is 0.153 e. The third-order valence-corrected chi connectivity index (χ3v) is 1.37. The Balaban J connectivity index is 2.91. The van der Waals surface area contributed by atoms with Gasteiger partial charge >= 0.3 is 0 Å². The van der Waals surface area contributed by atoms with E-state index in [2.05, 4.69) is 21.1 Å². The molecule has 2 aromatic heterocycles. The Morgan fingerprint density at radius 1 is 1.36 bits per heavy atom. The second kappa shape index (κ2) is 2.16. The largest absolute Gasteiger partial charge is 0.382 e. The number of nitrogens with two attached hydrogens (primary N) is 1. The zero-order valence-corrected chi connectivity index (χ0v) is 5.65. The van der Waals surface area contributed by atoms with E-state index in [4.69, 9.17) is 5.73 Å². The number of nitrogens with zero attached hydrogens (tertiary/aromatic N) is 3. The number of hydrogen-bond donors (Lipinski definition) is 1. The molecule has 0 fully saturated rings. The van der Waals surface area contributed by atoms with Gasteiger partial charge in [-0.1, -0.05) is 0 Å². The first-order chi connectivity index (χ1) is 5.38. The molecule has 2 N–H and O–H groups in total. The molecule has 0 aliphatic carbocycles. The van der Waals surface area contributed by atoms with Crippen LogP contribution in [-0.4, -0.2) is 15.0 Å². The number of rotatable bonds is 0. The van der Waals surface area contributed by atoms with E-state index in [-0.39, 0.29) is 0 Å². The van der Waals surface area contributed by atoms with Gasteiger partial charge < -0.3 is 5.73 Å². The van der Waals surface area contributed by atoms with Gasteiger partial charge in [0.15, 0.2) is 5.82 Å².